The lowest BCUT2D eigenvalue weighted by Gasteiger charge is -2.21. The van der Waals surface area contributed by atoms with Gasteiger partial charge in [0.1, 0.15) is 19.3 Å². The summed E-state index contributed by atoms with van der Waals surface area (Å²) in [5.41, 5.74) is 0. The molecule has 0 heterocycles. The summed E-state index contributed by atoms with van der Waals surface area (Å²) in [6, 6.07) is 0. The minimum Gasteiger partial charge on any atom is -0.462 e. The van der Waals surface area contributed by atoms with Gasteiger partial charge in [0.25, 0.3) is 0 Å². The normalized spacial score (nSPS) is 14.3. The van der Waals surface area contributed by atoms with Gasteiger partial charge in [0, 0.05) is 25.7 Å². The summed E-state index contributed by atoms with van der Waals surface area (Å²) in [6.45, 7) is 14.1. The number of carbonyl (C=O) groups is 4. The van der Waals surface area contributed by atoms with Crippen LogP contribution in [0.2, 0.25) is 0 Å². The monoisotopic (exact) mass is 1320 g/mol. The highest BCUT2D eigenvalue weighted by molar-refractivity contribution is 7.47. The van der Waals surface area contributed by atoms with E-state index in [2.05, 4.69) is 55.4 Å². The lowest BCUT2D eigenvalue weighted by Crippen LogP contribution is -2.30. The number of unbranched alkanes of at least 4 members (excludes halogenated alkanes) is 34. The van der Waals surface area contributed by atoms with Crippen LogP contribution >= 0.6 is 15.6 Å². The van der Waals surface area contributed by atoms with Crippen molar-refractivity contribution < 1.29 is 80.2 Å². The molecule has 0 spiro atoms. The minimum absolute atomic E-state index is 0.105. The third-order valence-corrected chi connectivity index (χ3v) is 18.2. The van der Waals surface area contributed by atoms with Crippen molar-refractivity contribution in [3.05, 3.63) is 0 Å². The summed E-state index contributed by atoms with van der Waals surface area (Å²) >= 11 is 0. The van der Waals surface area contributed by atoms with Crippen LogP contribution in [-0.2, 0) is 65.4 Å². The molecule has 0 aromatic rings. The van der Waals surface area contributed by atoms with Crippen LogP contribution in [-0.4, -0.2) is 96.7 Å². The molecule has 0 amide bonds. The van der Waals surface area contributed by atoms with Gasteiger partial charge in [0.15, 0.2) is 12.2 Å². The molecular formula is C71H138O17P2. The Morgan fingerprint density at radius 2 is 0.467 bits per heavy atom. The summed E-state index contributed by atoms with van der Waals surface area (Å²) in [5.74, 6) is 0.828. The maximum atomic E-state index is 13.0. The molecule has 0 aliphatic rings. The zero-order chi connectivity index (χ0) is 66.8. The second-order valence-corrected chi connectivity index (χ2v) is 30.4. The Bertz CT molecular complexity index is 1780. The molecule has 17 nitrogen and oxygen atoms in total. The van der Waals surface area contributed by atoms with Crippen LogP contribution < -0.4 is 0 Å². The van der Waals surface area contributed by atoms with Gasteiger partial charge in [-0.05, 0) is 49.4 Å². The van der Waals surface area contributed by atoms with Gasteiger partial charge in [0.05, 0.1) is 26.4 Å². The largest absolute Gasteiger partial charge is 0.472 e. The van der Waals surface area contributed by atoms with Crippen molar-refractivity contribution in [3.8, 4) is 0 Å². The third-order valence-electron chi connectivity index (χ3n) is 16.3. The number of aliphatic hydroxyl groups excluding tert-OH is 1. The SMILES string of the molecule is CC(C)CCCCCCCCCCCCCCCC(=O)O[C@H](COC(=O)CCCCCCCCCCC(C)C)COP(=O)(O)OC[C@@H](O)COP(=O)(O)OC[C@@H](COC(=O)CCCCCCCCC(C)C)OC(=O)CCCCCCCCCCCCCC(C)C. The van der Waals surface area contributed by atoms with E-state index < -0.39 is 97.5 Å². The number of phosphoric acid groups is 2. The summed E-state index contributed by atoms with van der Waals surface area (Å²) in [6.07, 6.45) is 43.2. The fraction of sp³-hybridized carbons (Fsp3) is 0.944. The molecule has 0 saturated heterocycles. The van der Waals surface area contributed by atoms with Gasteiger partial charge in [-0.1, -0.05) is 299 Å². The van der Waals surface area contributed by atoms with E-state index in [1.807, 2.05) is 0 Å². The van der Waals surface area contributed by atoms with Crippen LogP contribution in [0.3, 0.4) is 0 Å². The molecule has 5 atom stereocenters. The Labute approximate surface area is 549 Å². The number of hydrogen-bond donors (Lipinski definition) is 3. The Balaban J connectivity index is 5.24. The average molecular weight is 1330 g/mol. The standard InChI is InChI=1S/C71H138O17P2/c1-61(2)47-39-31-23-17-13-10-9-11-15-19-27-37-45-53-70(75)87-66(57-81-68(73)51-43-35-26-22-21-25-33-41-49-63(5)6)59-85-89(77,78)83-55-65(72)56-84-90(79,80)86-60-67(58-82-69(74)52-44-36-30-29-34-42-50-64(7)8)88-71(76)54-46-38-28-20-16-12-14-18-24-32-40-48-62(3)4/h61-67,72H,9-60H2,1-8H3,(H,77,78)(H,79,80)/t65-,66-,67-/m1/s1. The fourth-order valence-corrected chi connectivity index (χ4v) is 12.2. The molecular weight excluding hydrogens is 1190 g/mol. The fourth-order valence-electron chi connectivity index (χ4n) is 10.7. The molecule has 3 N–H and O–H groups in total. The van der Waals surface area contributed by atoms with Crippen LogP contribution in [0, 0.1) is 23.7 Å². The van der Waals surface area contributed by atoms with Crippen LogP contribution in [0.15, 0.2) is 0 Å². The number of phosphoric ester groups is 2. The van der Waals surface area contributed by atoms with Crippen molar-refractivity contribution in [2.75, 3.05) is 39.6 Å². The number of ether oxygens (including phenoxy) is 4. The molecule has 0 aromatic carbocycles. The molecule has 0 rings (SSSR count). The van der Waals surface area contributed by atoms with E-state index in [-0.39, 0.29) is 25.7 Å². The van der Waals surface area contributed by atoms with E-state index in [4.69, 9.17) is 37.0 Å². The predicted octanol–water partition coefficient (Wildman–Crippen LogP) is 20.1. The van der Waals surface area contributed by atoms with Crippen LogP contribution in [0.5, 0.6) is 0 Å². The minimum atomic E-state index is -4.95. The summed E-state index contributed by atoms with van der Waals surface area (Å²) in [4.78, 5) is 72.5. The summed E-state index contributed by atoms with van der Waals surface area (Å²) in [7, 11) is -9.90. The molecule has 0 radical (unpaired) electrons. The molecule has 0 aromatic heterocycles. The van der Waals surface area contributed by atoms with Gasteiger partial charge >= 0.3 is 39.5 Å². The summed E-state index contributed by atoms with van der Waals surface area (Å²) in [5, 5.41) is 10.6. The van der Waals surface area contributed by atoms with E-state index >= 15 is 0 Å². The van der Waals surface area contributed by atoms with E-state index in [1.54, 1.807) is 0 Å². The Kier molecular flexibility index (Phi) is 59.4. The van der Waals surface area contributed by atoms with Crippen LogP contribution in [0.1, 0.15) is 351 Å². The second kappa shape index (κ2) is 60.7. The molecule has 19 heteroatoms. The number of esters is 4. The Morgan fingerprint density at radius 1 is 0.278 bits per heavy atom. The molecule has 0 fully saturated rings. The molecule has 0 aliphatic carbocycles. The summed E-state index contributed by atoms with van der Waals surface area (Å²) < 4.78 is 68.3. The maximum Gasteiger partial charge on any atom is 0.472 e. The number of carbonyl (C=O) groups excluding carboxylic acids is 4. The smallest absolute Gasteiger partial charge is 0.462 e. The van der Waals surface area contributed by atoms with E-state index in [9.17, 15) is 43.2 Å². The Hall–Kier alpha value is -1.94. The first kappa shape index (κ1) is 88.1. The topological polar surface area (TPSA) is 237 Å². The molecule has 534 valence electrons. The molecule has 0 saturated carbocycles. The van der Waals surface area contributed by atoms with Gasteiger partial charge < -0.3 is 33.8 Å². The molecule has 2 unspecified atom stereocenters. The zero-order valence-electron chi connectivity index (χ0n) is 58.8. The highest BCUT2D eigenvalue weighted by Gasteiger charge is 2.30. The first-order valence-electron chi connectivity index (χ1n) is 36.7. The predicted molar refractivity (Wildman–Crippen MR) is 363 cm³/mol. The number of hydrogen-bond acceptors (Lipinski definition) is 15. The zero-order valence-corrected chi connectivity index (χ0v) is 60.6. The lowest BCUT2D eigenvalue weighted by atomic mass is 10.0. The molecule has 0 aliphatic heterocycles. The van der Waals surface area contributed by atoms with Gasteiger partial charge in [-0.2, -0.15) is 0 Å². The van der Waals surface area contributed by atoms with Gasteiger partial charge in [0.2, 0.25) is 0 Å². The van der Waals surface area contributed by atoms with E-state index in [1.165, 1.54) is 148 Å². The number of aliphatic hydroxyl groups is 1. The van der Waals surface area contributed by atoms with E-state index in [0.717, 1.165) is 114 Å². The van der Waals surface area contributed by atoms with Gasteiger partial charge in [-0.25, -0.2) is 9.13 Å². The third kappa shape index (κ3) is 64.8. The van der Waals surface area contributed by atoms with Crippen LogP contribution in [0.4, 0.5) is 0 Å². The van der Waals surface area contributed by atoms with Crippen molar-refractivity contribution in [1.82, 2.24) is 0 Å². The molecule has 90 heavy (non-hydrogen) atoms. The first-order valence-corrected chi connectivity index (χ1v) is 39.7. The average Bonchev–Trinajstić information content (AvgIpc) is 2.76. The van der Waals surface area contributed by atoms with Crippen molar-refractivity contribution in [3.63, 3.8) is 0 Å². The van der Waals surface area contributed by atoms with Crippen LogP contribution in [0.25, 0.3) is 0 Å². The van der Waals surface area contributed by atoms with Gasteiger partial charge in [-0.15, -0.1) is 0 Å². The maximum absolute atomic E-state index is 13.0. The van der Waals surface area contributed by atoms with Crippen molar-refractivity contribution in [1.29, 1.82) is 0 Å². The van der Waals surface area contributed by atoms with Crippen molar-refractivity contribution in [2.24, 2.45) is 23.7 Å². The van der Waals surface area contributed by atoms with Crippen molar-refractivity contribution in [2.45, 2.75) is 369 Å². The first-order chi connectivity index (χ1) is 43.1. The van der Waals surface area contributed by atoms with Gasteiger partial charge in [-0.3, -0.25) is 37.3 Å². The highest BCUT2D eigenvalue weighted by Crippen LogP contribution is 2.45. The van der Waals surface area contributed by atoms with E-state index in [0.29, 0.717) is 31.6 Å². The lowest BCUT2D eigenvalue weighted by molar-refractivity contribution is -0.161. The molecule has 0 bridgehead atoms. The van der Waals surface area contributed by atoms with Crippen molar-refractivity contribution >= 4 is 39.5 Å². The quantitative estimate of drug-likeness (QED) is 0.0222. The highest BCUT2D eigenvalue weighted by atomic mass is 31.2. The second-order valence-electron chi connectivity index (χ2n) is 27.5. The number of rotatable bonds is 68. The Morgan fingerprint density at radius 3 is 0.689 bits per heavy atom.